The van der Waals surface area contributed by atoms with Crippen LogP contribution in [-0.4, -0.2) is 65.4 Å². The lowest BCUT2D eigenvalue weighted by atomic mass is 10.1. The third kappa shape index (κ3) is 12.9. The summed E-state index contributed by atoms with van der Waals surface area (Å²) in [7, 11) is 0. The van der Waals surface area contributed by atoms with Gasteiger partial charge in [0.15, 0.2) is 0 Å². The predicted octanol–water partition coefficient (Wildman–Crippen LogP) is 4.66. The fourth-order valence-corrected chi connectivity index (χ4v) is 3.54. The van der Waals surface area contributed by atoms with Crippen molar-refractivity contribution in [3.8, 4) is 5.75 Å². The summed E-state index contributed by atoms with van der Waals surface area (Å²) in [5.41, 5.74) is 2.34. The Morgan fingerprint density at radius 3 is 2.12 bits per heavy atom. The number of benzene rings is 3. The zero-order valence-corrected chi connectivity index (χ0v) is 22.7. The lowest BCUT2D eigenvalue weighted by molar-refractivity contribution is -0.192. The number of hydrogen-bond donors (Lipinski definition) is 6. The van der Waals surface area contributed by atoms with Crippen molar-refractivity contribution in [2.24, 2.45) is 0 Å². The van der Waals surface area contributed by atoms with Gasteiger partial charge >= 0.3 is 18.2 Å². The van der Waals surface area contributed by atoms with Crippen molar-refractivity contribution in [3.63, 3.8) is 0 Å². The molecular formula is C27H29BrF3N3O6. The molecule has 0 heterocycles. The molecule has 0 aliphatic rings. The number of amides is 2. The minimum absolute atomic E-state index is 0.0681. The van der Waals surface area contributed by atoms with E-state index in [1.54, 1.807) is 6.07 Å². The maximum Gasteiger partial charge on any atom is 0.490 e. The van der Waals surface area contributed by atoms with Crippen LogP contribution in [0.25, 0.3) is 0 Å². The van der Waals surface area contributed by atoms with E-state index in [1.807, 2.05) is 72.8 Å². The van der Waals surface area contributed by atoms with Gasteiger partial charge in [0.05, 0.1) is 6.61 Å². The molecule has 2 amide bonds. The fraction of sp³-hybridized carbons (Fsp3) is 0.259. The Labute approximate surface area is 237 Å². The van der Waals surface area contributed by atoms with Gasteiger partial charge in [0.1, 0.15) is 18.5 Å². The highest BCUT2D eigenvalue weighted by Gasteiger charge is 2.38. The zero-order chi connectivity index (χ0) is 29.5. The molecule has 0 aliphatic heterocycles. The van der Waals surface area contributed by atoms with Gasteiger partial charge in [-0.05, 0) is 54.4 Å². The number of nitrogens with one attached hydrogen (secondary N) is 3. The van der Waals surface area contributed by atoms with Crippen molar-refractivity contribution in [3.05, 3.63) is 88.9 Å². The lowest BCUT2D eigenvalue weighted by Gasteiger charge is -2.19. The number of aliphatic hydroxyl groups is 2. The maximum atomic E-state index is 12.2. The fourth-order valence-electron chi connectivity index (χ4n) is 3.14. The summed E-state index contributed by atoms with van der Waals surface area (Å²) in [6, 6.07) is 23.5. The minimum atomic E-state index is -5.08. The van der Waals surface area contributed by atoms with Crippen LogP contribution in [-0.2, 0) is 11.2 Å². The summed E-state index contributed by atoms with van der Waals surface area (Å²) < 4.78 is 38.2. The number of hydrogen-bond acceptors (Lipinski definition) is 6. The summed E-state index contributed by atoms with van der Waals surface area (Å²) >= 11 is 3.37. The normalized spacial score (nSPS) is 12.3. The molecule has 3 aromatic rings. The number of ether oxygens (including phenoxy) is 1. The van der Waals surface area contributed by atoms with E-state index in [9.17, 15) is 28.2 Å². The third-order valence-electron chi connectivity index (χ3n) is 5.07. The first-order valence-electron chi connectivity index (χ1n) is 11.9. The standard InChI is InChI=1S/C25H28BrN3O4.C2HF3O2/c26-19-5-4-6-21(14-19)29-25(32)28-20-11-9-18(10-12-20)13-22(16-30)27-15-23(31)17-33-24-7-2-1-3-8-24;3-2(4,5)1(6)7/h1-12,14,22-23,27,30-31H,13,15-17H2,(H2,28,29,32);(H,6,7)/t22-,23-;/m0./s1. The van der Waals surface area contributed by atoms with Crippen LogP contribution >= 0.6 is 15.9 Å². The van der Waals surface area contributed by atoms with Crippen LogP contribution in [0.4, 0.5) is 29.3 Å². The van der Waals surface area contributed by atoms with Gasteiger partial charge in [-0.1, -0.05) is 52.3 Å². The number of alkyl halides is 3. The number of aliphatic hydroxyl groups excluding tert-OH is 2. The molecule has 13 heteroatoms. The highest BCUT2D eigenvalue weighted by molar-refractivity contribution is 9.10. The van der Waals surface area contributed by atoms with Crippen molar-refractivity contribution >= 4 is 39.3 Å². The topological polar surface area (TPSA) is 140 Å². The summed E-state index contributed by atoms with van der Waals surface area (Å²) in [6.07, 6.45) is -5.21. The molecule has 216 valence electrons. The number of para-hydroxylation sites is 1. The van der Waals surface area contributed by atoms with Crippen LogP contribution in [0.5, 0.6) is 5.75 Å². The number of urea groups is 1. The largest absolute Gasteiger partial charge is 0.491 e. The number of anilines is 2. The van der Waals surface area contributed by atoms with E-state index in [0.717, 1.165) is 10.0 Å². The Morgan fingerprint density at radius 1 is 0.925 bits per heavy atom. The Morgan fingerprint density at radius 2 is 1.55 bits per heavy atom. The Bertz CT molecular complexity index is 1200. The van der Waals surface area contributed by atoms with Crippen LogP contribution in [0.1, 0.15) is 5.56 Å². The predicted molar refractivity (Wildman–Crippen MR) is 147 cm³/mol. The second-order valence-corrected chi connectivity index (χ2v) is 9.27. The number of halogens is 4. The van der Waals surface area contributed by atoms with Gasteiger partial charge in [0.25, 0.3) is 0 Å². The lowest BCUT2D eigenvalue weighted by Crippen LogP contribution is -2.41. The molecule has 40 heavy (non-hydrogen) atoms. The monoisotopic (exact) mass is 627 g/mol. The van der Waals surface area contributed by atoms with Gasteiger partial charge in [-0.2, -0.15) is 13.2 Å². The van der Waals surface area contributed by atoms with Gasteiger partial charge < -0.3 is 36.0 Å². The van der Waals surface area contributed by atoms with Crippen molar-refractivity contribution < 1.29 is 42.8 Å². The van der Waals surface area contributed by atoms with Crippen LogP contribution < -0.4 is 20.7 Å². The van der Waals surface area contributed by atoms with Gasteiger partial charge in [-0.3, -0.25) is 0 Å². The summed E-state index contributed by atoms with van der Waals surface area (Å²) in [6.45, 7) is 0.395. The highest BCUT2D eigenvalue weighted by Crippen LogP contribution is 2.17. The number of rotatable bonds is 11. The Balaban J connectivity index is 0.000000708. The van der Waals surface area contributed by atoms with Crippen molar-refractivity contribution in [2.45, 2.75) is 24.7 Å². The number of carbonyl (C=O) groups is 2. The van der Waals surface area contributed by atoms with Gasteiger partial charge in [0.2, 0.25) is 0 Å². The van der Waals surface area contributed by atoms with Gasteiger partial charge in [0, 0.05) is 28.4 Å². The number of aliphatic carboxylic acids is 1. The van der Waals surface area contributed by atoms with Crippen molar-refractivity contribution in [1.82, 2.24) is 5.32 Å². The maximum absolute atomic E-state index is 12.2. The zero-order valence-electron chi connectivity index (χ0n) is 21.1. The molecule has 0 saturated heterocycles. The Kier molecular flexibility index (Phi) is 13.4. The van der Waals surface area contributed by atoms with E-state index < -0.39 is 18.2 Å². The van der Waals surface area contributed by atoms with E-state index in [0.29, 0.717) is 30.1 Å². The molecule has 6 N–H and O–H groups in total. The minimum Gasteiger partial charge on any atom is -0.491 e. The molecular weight excluding hydrogens is 599 g/mol. The molecule has 0 aromatic heterocycles. The second-order valence-electron chi connectivity index (χ2n) is 8.36. The van der Waals surface area contributed by atoms with Crippen molar-refractivity contribution in [2.75, 3.05) is 30.4 Å². The third-order valence-corrected chi connectivity index (χ3v) is 5.56. The molecule has 3 rings (SSSR count). The Hall–Kier alpha value is -3.65. The average Bonchev–Trinajstić information content (AvgIpc) is 2.91. The van der Waals surface area contributed by atoms with Crippen LogP contribution in [0, 0.1) is 0 Å². The molecule has 0 fully saturated rings. The molecule has 2 atom stereocenters. The molecule has 0 bridgehead atoms. The van der Waals surface area contributed by atoms with E-state index in [2.05, 4.69) is 31.9 Å². The smallest absolute Gasteiger partial charge is 0.490 e. The van der Waals surface area contributed by atoms with Crippen LogP contribution in [0.2, 0.25) is 0 Å². The molecule has 0 radical (unpaired) electrons. The van der Waals surface area contributed by atoms with Crippen LogP contribution in [0.15, 0.2) is 83.3 Å². The molecule has 0 spiro atoms. The quantitative estimate of drug-likeness (QED) is 0.182. The second kappa shape index (κ2) is 16.5. The molecule has 0 saturated carbocycles. The van der Waals surface area contributed by atoms with E-state index >= 15 is 0 Å². The summed E-state index contributed by atoms with van der Waals surface area (Å²) in [5.74, 6) is -2.05. The van der Waals surface area contributed by atoms with Gasteiger partial charge in [-0.25, -0.2) is 9.59 Å². The van der Waals surface area contributed by atoms with E-state index in [1.165, 1.54) is 0 Å². The number of carboxylic acids is 1. The first-order valence-corrected chi connectivity index (χ1v) is 12.7. The summed E-state index contributed by atoms with van der Waals surface area (Å²) in [4.78, 5) is 21.1. The SMILES string of the molecule is O=C(Nc1ccc(C[C@@H](CO)NC[C@H](O)COc2ccccc2)cc1)Nc1cccc(Br)c1.O=C(O)C(F)(F)F. The highest BCUT2D eigenvalue weighted by atomic mass is 79.9. The van der Waals surface area contributed by atoms with Crippen LogP contribution in [0.3, 0.4) is 0 Å². The first-order chi connectivity index (χ1) is 19.0. The van der Waals surface area contributed by atoms with Crippen molar-refractivity contribution in [1.29, 1.82) is 0 Å². The first kappa shape index (κ1) is 32.6. The molecule has 3 aromatic carbocycles. The summed E-state index contributed by atoms with van der Waals surface area (Å²) in [5, 5.41) is 35.7. The van der Waals surface area contributed by atoms with Gasteiger partial charge in [-0.15, -0.1) is 0 Å². The number of carboxylic acid groups (broad SMARTS) is 1. The van der Waals surface area contributed by atoms with E-state index in [-0.39, 0.29) is 25.3 Å². The number of carbonyl (C=O) groups excluding carboxylic acids is 1. The molecule has 0 aliphatic carbocycles. The molecule has 0 unspecified atom stereocenters. The molecule has 9 nitrogen and oxygen atoms in total. The van der Waals surface area contributed by atoms with E-state index in [4.69, 9.17) is 14.6 Å². The average molecular weight is 628 g/mol.